The monoisotopic (exact) mass is 343 g/mol. The molecule has 1 heterocycles. The first-order chi connectivity index (χ1) is 10.2. The summed E-state index contributed by atoms with van der Waals surface area (Å²) in [6.45, 7) is 5.14. The van der Waals surface area contributed by atoms with Gasteiger partial charge in [-0.3, -0.25) is 0 Å². The van der Waals surface area contributed by atoms with Crippen LogP contribution in [-0.4, -0.2) is 16.1 Å². The van der Waals surface area contributed by atoms with Gasteiger partial charge in [0, 0.05) is 16.1 Å². The van der Waals surface area contributed by atoms with Crippen LogP contribution in [0, 0.1) is 0 Å². The Kier molecular flexibility index (Phi) is 6.42. The normalized spacial score (nSPS) is 12.6. The maximum Gasteiger partial charge on any atom is 0.0803 e. The van der Waals surface area contributed by atoms with Gasteiger partial charge in [0.05, 0.1) is 10.6 Å². The Morgan fingerprint density at radius 2 is 2.10 bits per heavy atom. The van der Waals surface area contributed by atoms with Crippen molar-refractivity contribution in [3.63, 3.8) is 0 Å². The van der Waals surface area contributed by atoms with Gasteiger partial charge in [-0.25, -0.2) is 0 Å². The molecule has 1 atom stereocenters. The summed E-state index contributed by atoms with van der Waals surface area (Å²) in [5, 5.41) is 9.14. The Morgan fingerprint density at radius 1 is 1.29 bits per heavy atom. The van der Waals surface area contributed by atoms with Crippen LogP contribution in [0.15, 0.2) is 18.2 Å². The minimum absolute atomic E-state index is 0.190. The molecule has 1 N–H and O–H groups in total. The number of aromatic nitrogens is 2. The molecule has 0 aliphatic carbocycles. The van der Waals surface area contributed by atoms with Crippen LogP contribution in [0.3, 0.4) is 0 Å². The zero-order chi connectivity index (χ0) is 15.2. The van der Waals surface area contributed by atoms with E-state index in [4.69, 9.17) is 23.2 Å². The molecule has 0 radical (unpaired) electrons. The summed E-state index contributed by atoms with van der Waals surface area (Å²) in [4.78, 5) is 1.21. The first kappa shape index (κ1) is 16.7. The Hall–Kier alpha value is -0.680. The van der Waals surface area contributed by atoms with Crippen molar-refractivity contribution in [1.82, 2.24) is 14.9 Å². The number of hydrogen-bond donors (Lipinski definition) is 1. The molecule has 0 amide bonds. The SMILES string of the molecule is CCCc1nnsc1C(Cc1ccc(Cl)cc1Cl)NCC. The van der Waals surface area contributed by atoms with E-state index < -0.39 is 0 Å². The summed E-state index contributed by atoms with van der Waals surface area (Å²) in [6.07, 6.45) is 2.84. The lowest BCUT2D eigenvalue weighted by Gasteiger charge is -2.18. The van der Waals surface area contributed by atoms with Gasteiger partial charge >= 0.3 is 0 Å². The predicted molar refractivity (Wildman–Crippen MR) is 90.5 cm³/mol. The molecule has 1 unspecified atom stereocenters. The highest BCUT2D eigenvalue weighted by molar-refractivity contribution is 7.05. The number of halogens is 2. The second-order valence-corrected chi connectivity index (χ2v) is 6.51. The number of hydrogen-bond acceptors (Lipinski definition) is 4. The number of likely N-dealkylation sites (N-methyl/N-ethyl adjacent to an activating group) is 1. The average Bonchev–Trinajstić information content (AvgIpc) is 2.90. The molecule has 0 aliphatic heterocycles. The largest absolute Gasteiger partial charge is 0.309 e. The van der Waals surface area contributed by atoms with Crippen molar-refractivity contribution in [3.8, 4) is 0 Å². The molecule has 0 fully saturated rings. The molecule has 2 rings (SSSR count). The van der Waals surface area contributed by atoms with E-state index in [0.717, 1.165) is 37.1 Å². The summed E-state index contributed by atoms with van der Waals surface area (Å²) in [5.74, 6) is 0. The molecule has 0 saturated heterocycles. The fraction of sp³-hybridized carbons (Fsp3) is 0.467. The third kappa shape index (κ3) is 4.39. The van der Waals surface area contributed by atoms with Gasteiger partial charge in [-0.2, -0.15) is 0 Å². The standard InChI is InChI=1S/C15H19Cl2N3S/c1-3-5-13-15(21-20-19-13)14(18-4-2)8-10-6-7-11(16)9-12(10)17/h6-7,9,14,18H,3-5,8H2,1-2H3. The van der Waals surface area contributed by atoms with Crippen LogP contribution in [0.5, 0.6) is 0 Å². The van der Waals surface area contributed by atoms with E-state index in [1.165, 1.54) is 16.4 Å². The predicted octanol–water partition coefficient (Wildman–Crippen LogP) is 4.69. The van der Waals surface area contributed by atoms with Crippen LogP contribution >= 0.6 is 34.7 Å². The molecule has 114 valence electrons. The number of rotatable bonds is 7. The van der Waals surface area contributed by atoms with E-state index in [1.807, 2.05) is 12.1 Å². The molecule has 1 aromatic heterocycles. The van der Waals surface area contributed by atoms with Crippen LogP contribution in [0.25, 0.3) is 0 Å². The Morgan fingerprint density at radius 3 is 2.76 bits per heavy atom. The molecule has 2 aromatic rings. The zero-order valence-corrected chi connectivity index (χ0v) is 14.5. The van der Waals surface area contributed by atoms with Gasteiger partial charge < -0.3 is 5.32 Å². The van der Waals surface area contributed by atoms with Gasteiger partial charge in [-0.1, -0.05) is 54.0 Å². The van der Waals surface area contributed by atoms with Crippen molar-refractivity contribution in [2.45, 2.75) is 39.2 Å². The lowest BCUT2D eigenvalue weighted by atomic mass is 10.0. The second kappa shape index (κ2) is 8.08. The molecular formula is C15H19Cl2N3S. The number of nitrogens with one attached hydrogen (secondary N) is 1. The van der Waals surface area contributed by atoms with Crippen molar-refractivity contribution in [3.05, 3.63) is 44.4 Å². The third-order valence-electron chi connectivity index (χ3n) is 3.28. The maximum atomic E-state index is 6.30. The molecule has 6 heteroatoms. The van der Waals surface area contributed by atoms with Crippen LogP contribution in [0.1, 0.15) is 42.4 Å². The number of benzene rings is 1. The smallest absolute Gasteiger partial charge is 0.0803 e. The van der Waals surface area contributed by atoms with Crippen molar-refractivity contribution in [1.29, 1.82) is 0 Å². The van der Waals surface area contributed by atoms with Crippen molar-refractivity contribution in [2.24, 2.45) is 0 Å². The van der Waals surface area contributed by atoms with Crippen LogP contribution in [-0.2, 0) is 12.8 Å². The van der Waals surface area contributed by atoms with E-state index in [1.54, 1.807) is 6.07 Å². The third-order valence-corrected chi connectivity index (χ3v) is 4.75. The number of nitrogens with zero attached hydrogens (tertiary/aromatic N) is 2. The summed E-state index contributed by atoms with van der Waals surface area (Å²) in [5.41, 5.74) is 2.18. The van der Waals surface area contributed by atoms with Gasteiger partial charge in [0.1, 0.15) is 0 Å². The first-order valence-electron chi connectivity index (χ1n) is 7.14. The molecule has 0 saturated carbocycles. The number of aryl methyl sites for hydroxylation is 1. The molecule has 3 nitrogen and oxygen atoms in total. The van der Waals surface area contributed by atoms with E-state index in [0.29, 0.717) is 10.0 Å². The topological polar surface area (TPSA) is 37.8 Å². The molecule has 0 aliphatic rings. The van der Waals surface area contributed by atoms with Gasteiger partial charge in [-0.05, 0) is 48.6 Å². The Bertz CT molecular complexity index is 586. The van der Waals surface area contributed by atoms with Crippen molar-refractivity contribution in [2.75, 3.05) is 6.54 Å². The van der Waals surface area contributed by atoms with Crippen molar-refractivity contribution < 1.29 is 0 Å². The van der Waals surface area contributed by atoms with E-state index in [-0.39, 0.29) is 6.04 Å². The summed E-state index contributed by atoms with van der Waals surface area (Å²) in [6, 6.07) is 5.85. The lowest BCUT2D eigenvalue weighted by molar-refractivity contribution is 0.552. The molecule has 0 spiro atoms. The van der Waals surface area contributed by atoms with Crippen LogP contribution < -0.4 is 5.32 Å². The highest BCUT2D eigenvalue weighted by atomic mass is 35.5. The minimum Gasteiger partial charge on any atom is -0.309 e. The molecule has 1 aromatic carbocycles. The van der Waals surface area contributed by atoms with Gasteiger partial charge in [0.25, 0.3) is 0 Å². The first-order valence-corrected chi connectivity index (χ1v) is 8.67. The summed E-state index contributed by atoms with van der Waals surface area (Å²) >= 11 is 13.7. The maximum absolute atomic E-state index is 6.30. The van der Waals surface area contributed by atoms with Crippen LogP contribution in [0.2, 0.25) is 10.0 Å². The van der Waals surface area contributed by atoms with E-state index >= 15 is 0 Å². The highest BCUT2D eigenvalue weighted by Gasteiger charge is 2.19. The fourth-order valence-electron chi connectivity index (χ4n) is 2.30. The minimum atomic E-state index is 0.190. The Labute approximate surface area is 139 Å². The molecule has 0 bridgehead atoms. The van der Waals surface area contributed by atoms with Gasteiger partial charge in [0.15, 0.2) is 0 Å². The molecular weight excluding hydrogens is 325 g/mol. The quantitative estimate of drug-likeness (QED) is 0.792. The molecule has 21 heavy (non-hydrogen) atoms. The van der Waals surface area contributed by atoms with Gasteiger partial charge in [-0.15, -0.1) is 5.10 Å². The van der Waals surface area contributed by atoms with Crippen LogP contribution in [0.4, 0.5) is 0 Å². The van der Waals surface area contributed by atoms with E-state index in [2.05, 4.69) is 28.8 Å². The second-order valence-electron chi connectivity index (χ2n) is 4.88. The lowest BCUT2D eigenvalue weighted by Crippen LogP contribution is -2.23. The van der Waals surface area contributed by atoms with Gasteiger partial charge in [0.2, 0.25) is 0 Å². The fourth-order valence-corrected chi connectivity index (χ4v) is 3.56. The Balaban J connectivity index is 2.24. The van der Waals surface area contributed by atoms with Crippen molar-refractivity contribution >= 4 is 34.7 Å². The summed E-state index contributed by atoms with van der Waals surface area (Å²) < 4.78 is 4.12. The van der Waals surface area contributed by atoms with E-state index in [9.17, 15) is 0 Å². The average molecular weight is 344 g/mol. The highest BCUT2D eigenvalue weighted by Crippen LogP contribution is 2.29. The summed E-state index contributed by atoms with van der Waals surface area (Å²) in [7, 11) is 0. The zero-order valence-electron chi connectivity index (χ0n) is 12.2.